The molecule has 0 radical (unpaired) electrons. The number of hydrogen-bond donors (Lipinski definition) is 0. The Kier molecular flexibility index (Phi) is 6.20. The van der Waals surface area contributed by atoms with Crippen molar-refractivity contribution in [3.05, 3.63) is 0 Å². The lowest BCUT2D eigenvalue weighted by molar-refractivity contribution is -0.150. The summed E-state index contributed by atoms with van der Waals surface area (Å²) in [6.07, 6.45) is 2.85. The number of hydrogen-bond acceptors (Lipinski definition) is 3. The van der Waals surface area contributed by atoms with Gasteiger partial charge in [0.25, 0.3) is 0 Å². The van der Waals surface area contributed by atoms with Gasteiger partial charge in [-0.1, -0.05) is 19.8 Å². The third kappa shape index (κ3) is 7.50. The molecule has 0 amide bonds. The summed E-state index contributed by atoms with van der Waals surface area (Å²) in [5, 5.41) is 0. The first-order valence-electron chi connectivity index (χ1n) is 4.75. The number of Topliss-reactive ketones (excluding diaryl/α,β-unsaturated/α-hetero) is 1. The molecule has 0 heterocycles. The third-order valence-corrected chi connectivity index (χ3v) is 1.69. The lowest BCUT2D eigenvalue weighted by Crippen LogP contribution is -2.16. The molecule has 0 saturated carbocycles. The van der Waals surface area contributed by atoms with E-state index in [1.54, 1.807) is 0 Å². The van der Waals surface area contributed by atoms with E-state index in [2.05, 4.69) is 6.92 Å². The molecule has 0 aromatic rings. The van der Waals surface area contributed by atoms with Crippen molar-refractivity contribution in [3.8, 4) is 0 Å². The Bertz CT molecular complexity index is 175. The van der Waals surface area contributed by atoms with Crippen LogP contribution in [0.15, 0.2) is 0 Å². The number of ether oxygens (including phenoxy) is 1. The van der Waals surface area contributed by atoms with Crippen molar-refractivity contribution in [1.29, 1.82) is 0 Å². The normalized spacial score (nSPS) is 12.2. The second-order valence-electron chi connectivity index (χ2n) is 3.32. The van der Waals surface area contributed by atoms with Gasteiger partial charge in [-0.25, -0.2) is 0 Å². The number of carbonyl (C=O) groups excluding carboxylic acids is 2. The van der Waals surface area contributed by atoms with E-state index in [4.69, 9.17) is 4.74 Å². The van der Waals surface area contributed by atoms with Gasteiger partial charge >= 0.3 is 5.97 Å². The van der Waals surface area contributed by atoms with Gasteiger partial charge < -0.3 is 4.74 Å². The lowest BCUT2D eigenvalue weighted by Gasteiger charge is -2.11. The fourth-order valence-corrected chi connectivity index (χ4v) is 1.02. The Labute approximate surface area is 79.5 Å². The largest absolute Gasteiger partial charge is 0.462 e. The van der Waals surface area contributed by atoms with Crippen LogP contribution in [-0.2, 0) is 14.3 Å². The minimum absolute atomic E-state index is 0.0631. The Hall–Kier alpha value is -0.860. The van der Waals surface area contributed by atoms with Crippen LogP contribution in [0.5, 0.6) is 0 Å². The maximum Gasteiger partial charge on any atom is 0.313 e. The number of rotatable bonds is 6. The van der Waals surface area contributed by atoms with Crippen molar-refractivity contribution in [1.82, 2.24) is 0 Å². The first-order chi connectivity index (χ1) is 6.06. The maximum atomic E-state index is 11.0. The Morgan fingerprint density at radius 1 is 1.38 bits per heavy atom. The molecular weight excluding hydrogens is 168 g/mol. The smallest absolute Gasteiger partial charge is 0.313 e. The highest BCUT2D eigenvalue weighted by Gasteiger charge is 2.10. The minimum atomic E-state index is -0.406. The van der Waals surface area contributed by atoms with E-state index in [0.717, 1.165) is 19.3 Å². The summed E-state index contributed by atoms with van der Waals surface area (Å²) in [6, 6.07) is 0. The number of unbranched alkanes of at least 4 members (excludes halogenated alkanes) is 1. The average Bonchev–Trinajstić information content (AvgIpc) is 1.98. The predicted octanol–water partition coefficient (Wildman–Crippen LogP) is 2.09. The van der Waals surface area contributed by atoms with Crippen molar-refractivity contribution in [2.75, 3.05) is 0 Å². The number of esters is 1. The molecule has 3 heteroatoms. The molecule has 0 bridgehead atoms. The van der Waals surface area contributed by atoms with E-state index < -0.39 is 5.97 Å². The van der Waals surface area contributed by atoms with E-state index in [1.165, 1.54) is 6.92 Å². The van der Waals surface area contributed by atoms with Gasteiger partial charge in [0.1, 0.15) is 12.2 Å². The SMILES string of the molecule is CCCCC(C)OC(=O)CC(C)=O. The summed E-state index contributed by atoms with van der Waals surface area (Å²) in [5.74, 6) is -0.552. The molecular formula is C10H18O3. The van der Waals surface area contributed by atoms with Crippen molar-refractivity contribution >= 4 is 11.8 Å². The van der Waals surface area contributed by atoms with Gasteiger partial charge in [-0.3, -0.25) is 9.59 Å². The molecule has 0 aliphatic rings. The molecule has 1 unspecified atom stereocenters. The zero-order chi connectivity index (χ0) is 10.3. The molecule has 13 heavy (non-hydrogen) atoms. The van der Waals surface area contributed by atoms with Gasteiger partial charge in [-0.15, -0.1) is 0 Å². The molecule has 0 fully saturated rings. The van der Waals surface area contributed by atoms with Crippen LogP contribution in [0, 0.1) is 0 Å². The van der Waals surface area contributed by atoms with Crippen LogP contribution >= 0.6 is 0 Å². The Morgan fingerprint density at radius 3 is 2.46 bits per heavy atom. The second kappa shape index (κ2) is 6.63. The lowest BCUT2D eigenvalue weighted by atomic mass is 10.2. The zero-order valence-corrected chi connectivity index (χ0v) is 8.63. The van der Waals surface area contributed by atoms with Gasteiger partial charge in [-0.05, 0) is 20.3 Å². The van der Waals surface area contributed by atoms with E-state index in [-0.39, 0.29) is 18.3 Å². The van der Waals surface area contributed by atoms with E-state index in [1.807, 2.05) is 6.92 Å². The first-order valence-corrected chi connectivity index (χ1v) is 4.75. The summed E-state index contributed by atoms with van der Waals surface area (Å²) in [6.45, 7) is 5.33. The van der Waals surface area contributed by atoms with Crippen molar-refractivity contribution < 1.29 is 14.3 Å². The van der Waals surface area contributed by atoms with Crippen LogP contribution in [0.25, 0.3) is 0 Å². The van der Waals surface area contributed by atoms with Gasteiger partial charge in [-0.2, -0.15) is 0 Å². The monoisotopic (exact) mass is 186 g/mol. The molecule has 0 aromatic heterocycles. The maximum absolute atomic E-state index is 11.0. The summed E-state index contributed by atoms with van der Waals surface area (Å²) >= 11 is 0. The third-order valence-electron chi connectivity index (χ3n) is 1.69. The van der Waals surface area contributed by atoms with Gasteiger partial charge in [0.15, 0.2) is 0 Å². The van der Waals surface area contributed by atoms with E-state index >= 15 is 0 Å². The predicted molar refractivity (Wildman–Crippen MR) is 50.4 cm³/mol. The molecule has 0 saturated heterocycles. The molecule has 0 aliphatic carbocycles. The van der Waals surface area contributed by atoms with Crippen LogP contribution in [0.2, 0.25) is 0 Å². The zero-order valence-electron chi connectivity index (χ0n) is 8.63. The van der Waals surface area contributed by atoms with Crippen molar-refractivity contribution in [2.45, 2.75) is 52.6 Å². The highest BCUT2D eigenvalue weighted by Crippen LogP contribution is 2.05. The number of carbonyl (C=O) groups is 2. The Balaban J connectivity index is 3.59. The van der Waals surface area contributed by atoms with Crippen LogP contribution < -0.4 is 0 Å². The fourth-order valence-electron chi connectivity index (χ4n) is 1.02. The van der Waals surface area contributed by atoms with Crippen LogP contribution in [0.3, 0.4) is 0 Å². The molecule has 0 rings (SSSR count). The highest BCUT2D eigenvalue weighted by molar-refractivity contribution is 5.94. The topological polar surface area (TPSA) is 43.4 Å². The minimum Gasteiger partial charge on any atom is -0.462 e. The fraction of sp³-hybridized carbons (Fsp3) is 0.800. The summed E-state index contributed by atoms with van der Waals surface area (Å²) in [5.41, 5.74) is 0. The molecule has 3 nitrogen and oxygen atoms in total. The van der Waals surface area contributed by atoms with E-state index in [0.29, 0.717) is 0 Å². The van der Waals surface area contributed by atoms with Crippen LogP contribution in [-0.4, -0.2) is 17.9 Å². The highest BCUT2D eigenvalue weighted by atomic mass is 16.5. The summed E-state index contributed by atoms with van der Waals surface area (Å²) in [7, 11) is 0. The molecule has 1 atom stereocenters. The van der Waals surface area contributed by atoms with Crippen molar-refractivity contribution in [3.63, 3.8) is 0 Å². The van der Waals surface area contributed by atoms with Gasteiger partial charge in [0.05, 0.1) is 6.10 Å². The second-order valence-corrected chi connectivity index (χ2v) is 3.32. The van der Waals surface area contributed by atoms with Gasteiger partial charge in [0, 0.05) is 0 Å². The molecule has 0 aromatic carbocycles. The molecule has 0 N–H and O–H groups in total. The standard InChI is InChI=1S/C10H18O3/c1-4-5-6-9(3)13-10(12)7-8(2)11/h9H,4-7H2,1-3H3. The van der Waals surface area contributed by atoms with Crippen LogP contribution in [0.1, 0.15) is 46.5 Å². The molecule has 0 aliphatic heterocycles. The quantitative estimate of drug-likeness (QED) is 0.471. The molecule has 76 valence electrons. The van der Waals surface area contributed by atoms with Crippen LogP contribution in [0.4, 0.5) is 0 Å². The Morgan fingerprint density at radius 2 is 2.00 bits per heavy atom. The first kappa shape index (κ1) is 12.1. The number of ketones is 1. The van der Waals surface area contributed by atoms with Crippen molar-refractivity contribution in [2.24, 2.45) is 0 Å². The molecule has 0 spiro atoms. The average molecular weight is 186 g/mol. The van der Waals surface area contributed by atoms with E-state index in [9.17, 15) is 9.59 Å². The summed E-state index contributed by atoms with van der Waals surface area (Å²) in [4.78, 5) is 21.5. The van der Waals surface area contributed by atoms with Gasteiger partial charge in [0.2, 0.25) is 0 Å². The summed E-state index contributed by atoms with van der Waals surface area (Å²) < 4.78 is 5.00.